The summed E-state index contributed by atoms with van der Waals surface area (Å²) in [5.41, 5.74) is 9.30. The Bertz CT molecular complexity index is 1030. The van der Waals surface area contributed by atoms with Gasteiger partial charge in [-0.25, -0.2) is 5.48 Å². The van der Waals surface area contributed by atoms with Gasteiger partial charge in [-0.1, -0.05) is 23.0 Å². The number of carbonyl (C=O) groups excluding carboxylic acids is 3. The summed E-state index contributed by atoms with van der Waals surface area (Å²) >= 11 is -1.31. The van der Waals surface area contributed by atoms with E-state index in [0.717, 1.165) is 5.56 Å². The highest BCUT2D eigenvalue weighted by Gasteiger charge is 2.26. The molecule has 6 N–H and O–H groups in total. The Balaban J connectivity index is 2.02. The number of anilines is 1. The predicted octanol–water partition coefficient (Wildman–Crippen LogP) is 0.745. The SMILES string of the molecule is CC[S+]([O-])C[C@H](NC(=O)c1ccc(C#Cc2ccc(NC(=O)[C@H](C)N)cc2)cc1)C(=O)NO. The summed E-state index contributed by atoms with van der Waals surface area (Å²) in [5.74, 6) is 4.53. The Morgan fingerprint density at radius 3 is 2.06 bits per heavy atom. The lowest BCUT2D eigenvalue weighted by Gasteiger charge is -2.18. The van der Waals surface area contributed by atoms with Crippen LogP contribution in [0.4, 0.5) is 5.69 Å². The number of hydrogen-bond donors (Lipinski definition) is 5. The number of benzene rings is 2. The molecule has 0 aromatic heterocycles. The van der Waals surface area contributed by atoms with Gasteiger partial charge in [0.05, 0.1) is 6.04 Å². The monoisotopic (exact) mass is 470 g/mol. The minimum Gasteiger partial charge on any atom is -0.616 e. The summed E-state index contributed by atoms with van der Waals surface area (Å²) in [5, 5.41) is 14.0. The summed E-state index contributed by atoms with van der Waals surface area (Å²) in [6.07, 6.45) is 0. The summed E-state index contributed by atoms with van der Waals surface area (Å²) in [6.45, 7) is 3.29. The second-order valence-electron chi connectivity index (χ2n) is 7.08. The van der Waals surface area contributed by atoms with E-state index in [1.165, 1.54) is 5.48 Å². The molecule has 10 heteroatoms. The average Bonchev–Trinajstić information content (AvgIpc) is 2.82. The molecule has 0 fully saturated rings. The molecule has 0 aliphatic carbocycles. The van der Waals surface area contributed by atoms with Gasteiger partial charge in [-0.05, 0) is 62.4 Å². The first kappa shape index (κ1) is 25.9. The van der Waals surface area contributed by atoms with Crippen molar-refractivity contribution in [3.05, 3.63) is 65.2 Å². The third-order valence-corrected chi connectivity index (χ3v) is 5.82. The summed E-state index contributed by atoms with van der Waals surface area (Å²) in [6, 6.07) is 11.7. The number of nitrogens with one attached hydrogen (secondary N) is 3. The standard InChI is InChI=1S/C23H26N4O5S/c1-3-33(32)14-20(23(30)27-31)26-22(29)18-10-6-16(7-11-18)4-5-17-8-12-19(13-9-17)25-21(28)15(2)24/h6-13,15,20,31H,3,14,24H2,1-2H3,(H,25,28)(H,26,29)(H,27,30)/t15-,20-,33?/m0/s1. The highest BCUT2D eigenvalue weighted by atomic mass is 32.2. The van der Waals surface area contributed by atoms with Crippen LogP contribution in [0, 0.1) is 11.8 Å². The fourth-order valence-corrected chi connectivity index (χ4v) is 3.39. The minimum atomic E-state index is -1.31. The second-order valence-corrected chi connectivity index (χ2v) is 8.87. The molecule has 2 aromatic rings. The number of hydroxylamine groups is 1. The first-order chi connectivity index (χ1) is 15.7. The summed E-state index contributed by atoms with van der Waals surface area (Å²) < 4.78 is 11.7. The van der Waals surface area contributed by atoms with Crippen LogP contribution in [0.1, 0.15) is 35.3 Å². The van der Waals surface area contributed by atoms with Crippen molar-refractivity contribution in [2.75, 3.05) is 16.8 Å². The van der Waals surface area contributed by atoms with Crippen molar-refractivity contribution in [2.45, 2.75) is 25.9 Å². The van der Waals surface area contributed by atoms with Crippen LogP contribution in [0.15, 0.2) is 48.5 Å². The van der Waals surface area contributed by atoms with E-state index in [-0.39, 0.29) is 17.2 Å². The molecule has 0 bridgehead atoms. The number of nitrogens with two attached hydrogens (primary N) is 1. The summed E-state index contributed by atoms with van der Waals surface area (Å²) in [7, 11) is 0. The third-order valence-electron chi connectivity index (χ3n) is 4.47. The van der Waals surface area contributed by atoms with Crippen molar-refractivity contribution in [3.63, 3.8) is 0 Å². The van der Waals surface area contributed by atoms with Crippen LogP contribution in [-0.4, -0.2) is 51.1 Å². The maximum absolute atomic E-state index is 12.4. The first-order valence-electron chi connectivity index (χ1n) is 10.1. The van der Waals surface area contributed by atoms with Gasteiger partial charge in [-0.2, -0.15) is 0 Å². The van der Waals surface area contributed by atoms with Crippen LogP contribution < -0.4 is 21.8 Å². The van der Waals surface area contributed by atoms with E-state index >= 15 is 0 Å². The normalized spacial score (nSPS) is 13.0. The predicted molar refractivity (Wildman–Crippen MR) is 126 cm³/mol. The van der Waals surface area contributed by atoms with Gasteiger partial charge in [0.2, 0.25) is 5.91 Å². The highest BCUT2D eigenvalue weighted by Crippen LogP contribution is 2.10. The van der Waals surface area contributed by atoms with Crippen molar-refractivity contribution >= 4 is 34.6 Å². The molecule has 3 atom stereocenters. The molecule has 0 heterocycles. The zero-order chi connectivity index (χ0) is 24.4. The molecule has 3 amide bonds. The topological polar surface area (TPSA) is 157 Å². The van der Waals surface area contributed by atoms with Gasteiger partial charge in [0.25, 0.3) is 11.8 Å². The van der Waals surface area contributed by atoms with Crippen molar-refractivity contribution in [2.24, 2.45) is 5.73 Å². The van der Waals surface area contributed by atoms with E-state index in [1.807, 2.05) is 0 Å². The van der Waals surface area contributed by atoms with Gasteiger partial charge in [0.15, 0.2) is 6.04 Å². The van der Waals surface area contributed by atoms with E-state index in [9.17, 15) is 18.9 Å². The fourth-order valence-electron chi connectivity index (χ4n) is 2.55. The maximum Gasteiger partial charge on any atom is 0.270 e. The van der Waals surface area contributed by atoms with Crippen LogP contribution >= 0.6 is 0 Å². The molecule has 2 rings (SSSR count). The Kier molecular flexibility index (Phi) is 9.90. The quantitative estimate of drug-likeness (QED) is 0.166. The Morgan fingerprint density at radius 1 is 1.03 bits per heavy atom. The maximum atomic E-state index is 12.4. The molecule has 0 aliphatic heterocycles. The number of rotatable bonds is 8. The highest BCUT2D eigenvalue weighted by molar-refractivity contribution is 7.91. The van der Waals surface area contributed by atoms with Gasteiger partial charge < -0.3 is 20.9 Å². The minimum absolute atomic E-state index is 0.105. The fraction of sp³-hybridized carbons (Fsp3) is 0.261. The molecule has 0 radical (unpaired) electrons. The zero-order valence-corrected chi connectivity index (χ0v) is 19.1. The van der Waals surface area contributed by atoms with Crippen LogP contribution in [0.5, 0.6) is 0 Å². The van der Waals surface area contributed by atoms with E-state index in [2.05, 4.69) is 22.5 Å². The Hall–Kier alpha value is -3.36. The molecule has 33 heavy (non-hydrogen) atoms. The van der Waals surface area contributed by atoms with Crippen LogP contribution in [-0.2, 0) is 20.8 Å². The molecule has 0 saturated carbocycles. The van der Waals surface area contributed by atoms with Crippen molar-refractivity contribution in [1.82, 2.24) is 10.8 Å². The first-order valence-corrected chi connectivity index (χ1v) is 11.6. The Morgan fingerprint density at radius 2 is 1.58 bits per heavy atom. The van der Waals surface area contributed by atoms with Gasteiger partial charge in [-0.15, -0.1) is 0 Å². The lowest BCUT2D eigenvalue weighted by atomic mass is 10.1. The molecule has 174 valence electrons. The molecule has 2 aromatic carbocycles. The van der Waals surface area contributed by atoms with Gasteiger partial charge in [0, 0.05) is 22.4 Å². The van der Waals surface area contributed by atoms with Crippen molar-refractivity contribution < 1.29 is 24.1 Å². The van der Waals surface area contributed by atoms with Crippen molar-refractivity contribution in [3.8, 4) is 11.8 Å². The van der Waals surface area contributed by atoms with E-state index < -0.39 is 35.1 Å². The molecule has 9 nitrogen and oxygen atoms in total. The molecular weight excluding hydrogens is 444 g/mol. The zero-order valence-electron chi connectivity index (χ0n) is 18.3. The van der Waals surface area contributed by atoms with E-state index in [1.54, 1.807) is 62.4 Å². The largest absolute Gasteiger partial charge is 0.616 e. The Labute approximate surface area is 195 Å². The van der Waals surface area contributed by atoms with Gasteiger partial charge in [0.1, 0.15) is 11.5 Å². The smallest absolute Gasteiger partial charge is 0.270 e. The molecule has 0 spiro atoms. The molecule has 1 unspecified atom stereocenters. The molecule has 0 saturated heterocycles. The van der Waals surface area contributed by atoms with Crippen molar-refractivity contribution in [1.29, 1.82) is 0 Å². The lowest BCUT2D eigenvalue weighted by Crippen LogP contribution is -2.49. The molecule has 0 aliphatic rings. The van der Waals surface area contributed by atoms with E-state index in [0.29, 0.717) is 17.0 Å². The van der Waals surface area contributed by atoms with Crippen LogP contribution in [0.2, 0.25) is 0 Å². The third kappa shape index (κ3) is 8.25. The molecular formula is C23H26N4O5S. The summed E-state index contributed by atoms with van der Waals surface area (Å²) in [4.78, 5) is 35.8. The van der Waals surface area contributed by atoms with E-state index in [4.69, 9.17) is 10.9 Å². The second kappa shape index (κ2) is 12.6. The van der Waals surface area contributed by atoms with Crippen LogP contribution in [0.25, 0.3) is 0 Å². The van der Waals surface area contributed by atoms with Crippen LogP contribution in [0.3, 0.4) is 0 Å². The van der Waals surface area contributed by atoms with Gasteiger partial charge >= 0.3 is 0 Å². The lowest BCUT2D eigenvalue weighted by molar-refractivity contribution is -0.130. The average molecular weight is 471 g/mol. The number of carbonyl (C=O) groups is 3. The van der Waals surface area contributed by atoms with Gasteiger partial charge in [-0.3, -0.25) is 19.6 Å². The number of hydrogen-bond acceptors (Lipinski definition) is 6. The number of amides is 3.